The number of ether oxygens (including phenoxy) is 1. The first-order valence-corrected chi connectivity index (χ1v) is 8.38. The summed E-state index contributed by atoms with van der Waals surface area (Å²) >= 11 is 0. The molecule has 0 spiro atoms. The number of hydrogen-bond donors (Lipinski definition) is 1. The Hall–Kier alpha value is -1.06. The molecule has 1 fully saturated rings. The Labute approximate surface area is 129 Å². The van der Waals surface area contributed by atoms with Crippen molar-refractivity contribution in [2.45, 2.75) is 64.6 Å². The van der Waals surface area contributed by atoms with Crippen molar-refractivity contribution in [1.29, 1.82) is 0 Å². The van der Waals surface area contributed by atoms with Crippen LogP contribution in [0.25, 0.3) is 0 Å². The van der Waals surface area contributed by atoms with Crippen LogP contribution in [-0.4, -0.2) is 30.1 Å². The first kappa shape index (κ1) is 16.3. The summed E-state index contributed by atoms with van der Waals surface area (Å²) in [5, 5.41) is 0. The van der Waals surface area contributed by atoms with E-state index < -0.39 is 0 Å². The van der Waals surface area contributed by atoms with Gasteiger partial charge in [-0.15, -0.1) is 0 Å². The van der Waals surface area contributed by atoms with Crippen LogP contribution in [0, 0.1) is 0 Å². The van der Waals surface area contributed by atoms with Crippen LogP contribution < -0.4 is 10.5 Å². The maximum absolute atomic E-state index is 6.50. The third kappa shape index (κ3) is 4.45. The van der Waals surface area contributed by atoms with E-state index in [9.17, 15) is 0 Å². The minimum absolute atomic E-state index is 0.204. The molecule has 1 aliphatic heterocycles. The summed E-state index contributed by atoms with van der Waals surface area (Å²) in [6.45, 7) is 8.64. The Morgan fingerprint density at radius 1 is 1.33 bits per heavy atom. The first-order valence-electron chi connectivity index (χ1n) is 8.38. The van der Waals surface area contributed by atoms with E-state index in [1.807, 2.05) is 6.07 Å². The summed E-state index contributed by atoms with van der Waals surface area (Å²) in [6.07, 6.45) is 4.98. The lowest BCUT2D eigenvalue weighted by molar-refractivity contribution is 0.184. The Kier molecular flexibility index (Phi) is 6.07. The second-order valence-corrected chi connectivity index (χ2v) is 6.38. The molecule has 1 saturated heterocycles. The van der Waals surface area contributed by atoms with Crippen LogP contribution in [0.4, 0.5) is 0 Å². The predicted octanol–water partition coefficient (Wildman–Crippen LogP) is 3.74. The van der Waals surface area contributed by atoms with Gasteiger partial charge in [0, 0.05) is 6.04 Å². The van der Waals surface area contributed by atoms with Crippen molar-refractivity contribution < 1.29 is 4.74 Å². The predicted molar refractivity (Wildman–Crippen MR) is 88.6 cm³/mol. The fraction of sp³-hybridized carbons (Fsp3) is 0.667. The molecule has 3 nitrogen and oxygen atoms in total. The largest absolute Gasteiger partial charge is 0.491 e. The Morgan fingerprint density at radius 2 is 2.14 bits per heavy atom. The minimum atomic E-state index is 0.204. The lowest BCUT2D eigenvalue weighted by Gasteiger charge is -2.33. The number of benzene rings is 1. The Balaban J connectivity index is 2.25. The number of likely N-dealkylation sites (tertiary alicyclic amines) is 1. The third-order valence-electron chi connectivity index (χ3n) is 4.11. The number of nitrogens with zero attached hydrogens (tertiary/aromatic N) is 1. The van der Waals surface area contributed by atoms with E-state index in [1.54, 1.807) is 0 Å². The van der Waals surface area contributed by atoms with Crippen molar-refractivity contribution in [2.75, 3.05) is 13.1 Å². The first-order chi connectivity index (χ1) is 10.1. The van der Waals surface area contributed by atoms with Crippen LogP contribution in [0.5, 0.6) is 5.75 Å². The topological polar surface area (TPSA) is 38.5 Å². The lowest BCUT2D eigenvalue weighted by Crippen LogP contribution is -2.40. The molecule has 2 N–H and O–H groups in total. The highest BCUT2D eigenvalue weighted by Gasteiger charge is 2.28. The molecule has 118 valence electrons. The highest BCUT2D eigenvalue weighted by atomic mass is 16.5. The average molecular weight is 290 g/mol. The van der Waals surface area contributed by atoms with E-state index in [2.05, 4.69) is 43.9 Å². The molecule has 0 amide bonds. The number of hydrogen-bond acceptors (Lipinski definition) is 3. The zero-order valence-corrected chi connectivity index (χ0v) is 13.7. The van der Waals surface area contributed by atoms with Crippen molar-refractivity contribution >= 4 is 0 Å². The molecule has 2 rings (SSSR count). The van der Waals surface area contributed by atoms with Crippen molar-refractivity contribution in [1.82, 2.24) is 4.90 Å². The van der Waals surface area contributed by atoms with E-state index in [0.717, 1.165) is 25.3 Å². The molecular formula is C18H30N2O. The van der Waals surface area contributed by atoms with E-state index in [-0.39, 0.29) is 12.1 Å². The molecule has 2 unspecified atom stereocenters. The zero-order valence-electron chi connectivity index (χ0n) is 13.7. The maximum atomic E-state index is 6.50. The Bertz CT molecular complexity index is 433. The van der Waals surface area contributed by atoms with Crippen LogP contribution in [-0.2, 0) is 0 Å². The van der Waals surface area contributed by atoms with E-state index in [1.165, 1.54) is 24.8 Å². The number of nitrogens with two attached hydrogens (primary N) is 1. The van der Waals surface area contributed by atoms with Crippen LogP contribution in [0.1, 0.15) is 58.1 Å². The highest BCUT2D eigenvalue weighted by molar-refractivity contribution is 5.31. The molecule has 2 atom stereocenters. The highest BCUT2D eigenvalue weighted by Crippen LogP contribution is 2.31. The fourth-order valence-electron chi connectivity index (χ4n) is 3.30. The smallest absolute Gasteiger partial charge is 0.120 e. The molecule has 0 saturated carbocycles. The molecule has 1 aromatic carbocycles. The van der Waals surface area contributed by atoms with Gasteiger partial charge in [-0.05, 0) is 63.9 Å². The molecule has 0 radical (unpaired) electrons. The minimum Gasteiger partial charge on any atom is -0.491 e. The van der Waals surface area contributed by atoms with Gasteiger partial charge in [0.15, 0.2) is 0 Å². The average Bonchev–Trinajstić information content (AvgIpc) is 2.60. The summed E-state index contributed by atoms with van der Waals surface area (Å²) in [6, 6.07) is 9.05. The summed E-state index contributed by atoms with van der Waals surface area (Å²) in [7, 11) is 0. The fourth-order valence-corrected chi connectivity index (χ4v) is 3.30. The summed E-state index contributed by atoms with van der Waals surface area (Å²) < 4.78 is 5.85. The monoisotopic (exact) mass is 290 g/mol. The number of rotatable bonds is 5. The van der Waals surface area contributed by atoms with Crippen molar-refractivity contribution in [3.05, 3.63) is 29.8 Å². The van der Waals surface area contributed by atoms with Gasteiger partial charge in [-0.25, -0.2) is 0 Å². The molecule has 0 aromatic heterocycles. The van der Waals surface area contributed by atoms with Gasteiger partial charge in [0.2, 0.25) is 0 Å². The quantitative estimate of drug-likeness (QED) is 0.898. The van der Waals surface area contributed by atoms with Gasteiger partial charge >= 0.3 is 0 Å². The standard InChI is InChI=1S/C18H30N2O/c1-4-11-20-12-6-5-10-17(19)18(20)15-8-7-9-16(13-15)21-14(2)3/h7-9,13-14,17-18H,4-6,10-12,19H2,1-3H3. The SMILES string of the molecule is CCCN1CCCCC(N)C1c1cccc(OC(C)C)c1. The summed E-state index contributed by atoms with van der Waals surface area (Å²) in [5.41, 5.74) is 7.80. The Morgan fingerprint density at radius 3 is 2.86 bits per heavy atom. The molecule has 3 heteroatoms. The van der Waals surface area contributed by atoms with E-state index in [4.69, 9.17) is 10.5 Å². The third-order valence-corrected chi connectivity index (χ3v) is 4.11. The summed E-state index contributed by atoms with van der Waals surface area (Å²) in [5.74, 6) is 0.954. The van der Waals surface area contributed by atoms with Crippen LogP contribution in [0.3, 0.4) is 0 Å². The molecule has 0 bridgehead atoms. The molecule has 21 heavy (non-hydrogen) atoms. The van der Waals surface area contributed by atoms with Crippen LogP contribution in [0.15, 0.2) is 24.3 Å². The van der Waals surface area contributed by atoms with Gasteiger partial charge in [-0.1, -0.05) is 25.5 Å². The van der Waals surface area contributed by atoms with Gasteiger partial charge in [0.05, 0.1) is 12.1 Å². The van der Waals surface area contributed by atoms with Crippen molar-refractivity contribution in [3.8, 4) is 5.75 Å². The van der Waals surface area contributed by atoms with Crippen LogP contribution >= 0.6 is 0 Å². The van der Waals surface area contributed by atoms with Crippen molar-refractivity contribution in [2.24, 2.45) is 5.73 Å². The van der Waals surface area contributed by atoms with Gasteiger partial charge < -0.3 is 10.5 Å². The second kappa shape index (κ2) is 7.81. The molecule has 1 aromatic rings. The van der Waals surface area contributed by atoms with Crippen molar-refractivity contribution in [3.63, 3.8) is 0 Å². The summed E-state index contributed by atoms with van der Waals surface area (Å²) in [4.78, 5) is 2.56. The normalized spacial score (nSPS) is 24.0. The molecule has 1 heterocycles. The zero-order chi connectivity index (χ0) is 15.2. The van der Waals surface area contributed by atoms with Gasteiger partial charge in [-0.2, -0.15) is 0 Å². The van der Waals surface area contributed by atoms with Crippen LogP contribution in [0.2, 0.25) is 0 Å². The molecular weight excluding hydrogens is 260 g/mol. The lowest BCUT2D eigenvalue weighted by atomic mass is 9.96. The van der Waals surface area contributed by atoms with E-state index in [0.29, 0.717) is 6.04 Å². The van der Waals surface area contributed by atoms with E-state index >= 15 is 0 Å². The van der Waals surface area contributed by atoms with Gasteiger partial charge in [0.1, 0.15) is 5.75 Å². The second-order valence-electron chi connectivity index (χ2n) is 6.38. The molecule has 0 aliphatic carbocycles. The maximum Gasteiger partial charge on any atom is 0.120 e. The van der Waals surface area contributed by atoms with Gasteiger partial charge in [0.25, 0.3) is 0 Å². The molecule has 1 aliphatic rings. The van der Waals surface area contributed by atoms with Gasteiger partial charge in [-0.3, -0.25) is 4.90 Å².